The Kier molecular flexibility index (Phi) is 5.80. The second kappa shape index (κ2) is 9.06. The predicted molar refractivity (Wildman–Crippen MR) is 128 cm³/mol. The summed E-state index contributed by atoms with van der Waals surface area (Å²) in [6.07, 6.45) is 2.67. The van der Waals surface area contributed by atoms with Gasteiger partial charge >= 0.3 is 0 Å². The van der Waals surface area contributed by atoms with Gasteiger partial charge in [0.15, 0.2) is 5.78 Å². The van der Waals surface area contributed by atoms with Gasteiger partial charge in [-0.2, -0.15) is 0 Å². The highest BCUT2D eigenvalue weighted by Gasteiger charge is 2.41. The molecular weight excluding hydrogens is 429 g/mol. The third kappa shape index (κ3) is 4.03. The third-order valence-corrected chi connectivity index (χ3v) is 6.45. The van der Waals surface area contributed by atoms with E-state index >= 15 is 0 Å². The van der Waals surface area contributed by atoms with Crippen molar-refractivity contribution in [2.24, 2.45) is 0 Å². The number of amides is 1. The number of hydrogen-bond acceptors (Lipinski definition) is 4. The lowest BCUT2D eigenvalue weighted by atomic mass is 9.72. The highest BCUT2D eigenvalue weighted by Crippen LogP contribution is 2.45. The van der Waals surface area contributed by atoms with E-state index in [2.05, 4.69) is 15.6 Å². The monoisotopic (exact) mass is 453 g/mol. The number of nitrogens with one attached hydrogen (secondary N) is 2. The zero-order valence-electron chi connectivity index (χ0n) is 18.7. The van der Waals surface area contributed by atoms with Crippen LogP contribution in [0.3, 0.4) is 0 Å². The first-order valence-electron chi connectivity index (χ1n) is 11.3. The molecule has 0 radical (unpaired) electrons. The predicted octanol–water partition coefficient (Wildman–Crippen LogP) is 5.22. The third-order valence-electron chi connectivity index (χ3n) is 6.45. The van der Waals surface area contributed by atoms with Crippen LogP contribution in [0, 0.1) is 5.82 Å². The number of Topliss-reactive ketones (excluding diaryl/α,β-unsaturated/α-hetero) is 1. The lowest BCUT2D eigenvalue weighted by Crippen LogP contribution is -2.37. The minimum absolute atomic E-state index is 0.0121. The van der Waals surface area contributed by atoms with Gasteiger partial charge in [-0.3, -0.25) is 14.6 Å². The normalized spacial score (nSPS) is 20.0. The van der Waals surface area contributed by atoms with Gasteiger partial charge < -0.3 is 10.6 Å². The average Bonchev–Trinajstić information content (AvgIpc) is 2.85. The van der Waals surface area contributed by atoms with E-state index in [1.54, 1.807) is 24.4 Å². The number of carbonyl (C=O) groups is 2. The highest BCUT2D eigenvalue weighted by atomic mass is 19.1. The summed E-state index contributed by atoms with van der Waals surface area (Å²) in [6.45, 7) is 1.81. The van der Waals surface area contributed by atoms with Crippen molar-refractivity contribution in [2.75, 3.05) is 5.32 Å². The highest BCUT2D eigenvalue weighted by molar-refractivity contribution is 6.09. The molecule has 1 aromatic heterocycles. The van der Waals surface area contributed by atoms with Gasteiger partial charge in [0.2, 0.25) is 0 Å². The number of hydrogen-bond donors (Lipinski definition) is 2. The Hall–Kier alpha value is -4.06. The zero-order valence-corrected chi connectivity index (χ0v) is 18.7. The molecule has 6 heteroatoms. The largest absolute Gasteiger partial charge is 0.362 e. The number of rotatable bonds is 4. The van der Waals surface area contributed by atoms with Crippen molar-refractivity contribution in [2.45, 2.75) is 31.6 Å². The van der Waals surface area contributed by atoms with E-state index in [4.69, 9.17) is 0 Å². The number of allylic oxidation sites excluding steroid dienone is 3. The quantitative estimate of drug-likeness (QED) is 0.568. The molecule has 0 fully saturated rings. The Morgan fingerprint density at radius 3 is 2.47 bits per heavy atom. The minimum Gasteiger partial charge on any atom is -0.362 e. The number of anilines is 1. The molecule has 3 aromatic rings. The van der Waals surface area contributed by atoms with E-state index in [0.29, 0.717) is 35.4 Å². The summed E-state index contributed by atoms with van der Waals surface area (Å²) in [4.78, 5) is 31.5. The number of dihydropyridines is 1. The van der Waals surface area contributed by atoms with E-state index in [9.17, 15) is 14.0 Å². The van der Waals surface area contributed by atoms with Crippen LogP contribution in [0.25, 0.3) is 0 Å². The molecule has 2 heterocycles. The molecule has 0 unspecified atom stereocenters. The van der Waals surface area contributed by atoms with Crippen LogP contribution in [0.1, 0.15) is 42.9 Å². The van der Waals surface area contributed by atoms with Gasteiger partial charge in [-0.05, 0) is 49.1 Å². The van der Waals surface area contributed by atoms with E-state index in [1.165, 1.54) is 12.1 Å². The molecule has 2 N–H and O–H groups in total. The van der Waals surface area contributed by atoms with Gasteiger partial charge in [0.25, 0.3) is 5.91 Å². The Morgan fingerprint density at radius 1 is 1.00 bits per heavy atom. The van der Waals surface area contributed by atoms with Crippen molar-refractivity contribution in [3.63, 3.8) is 0 Å². The van der Waals surface area contributed by atoms with Crippen molar-refractivity contribution in [1.82, 2.24) is 10.3 Å². The molecule has 1 aliphatic heterocycles. The SMILES string of the molecule is CC1=C(C(=O)Nc2ccccc2F)[C@@H](c2ccccn2)C2=C(C[C@@H](c3ccccc3)CC2=O)N1. The number of carbonyl (C=O) groups excluding carboxylic acids is 2. The van der Waals surface area contributed by atoms with Gasteiger partial charge in [-0.1, -0.05) is 48.5 Å². The van der Waals surface area contributed by atoms with Crippen molar-refractivity contribution in [3.05, 3.63) is 119 Å². The number of ketones is 1. The first-order chi connectivity index (χ1) is 16.5. The summed E-state index contributed by atoms with van der Waals surface area (Å²) in [7, 11) is 0. The maximum absolute atomic E-state index is 14.2. The molecule has 0 spiro atoms. The summed E-state index contributed by atoms with van der Waals surface area (Å²) in [5, 5.41) is 6.02. The number of pyridine rings is 1. The molecule has 0 saturated heterocycles. The molecule has 1 amide bonds. The Balaban J connectivity index is 1.56. The summed E-state index contributed by atoms with van der Waals surface area (Å²) >= 11 is 0. The second-order valence-corrected chi connectivity index (χ2v) is 8.62. The van der Waals surface area contributed by atoms with Crippen LogP contribution >= 0.6 is 0 Å². The minimum atomic E-state index is -0.631. The van der Waals surface area contributed by atoms with Crippen LogP contribution in [-0.2, 0) is 9.59 Å². The van der Waals surface area contributed by atoms with Gasteiger partial charge in [-0.25, -0.2) is 4.39 Å². The zero-order chi connectivity index (χ0) is 23.7. The number of para-hydroxylation sites is 1. The van der Waals surface area contributed by atoms with E-state index in [-0.39, 0.29) is 17.4 Å². The summed E-state index contributed by atoms with van der Waals surface area (Å²) in [5.74, 6) is -1.57. The number of nitrogens with zero attached hydrogens (tertiary/aromatic N) is 1. The maximum Gasteiger partial charge on any atom is 0.254 e. The lowest BCUT2D eigenvalue weighted by Gasteiger charge is -2.36. The maximum atomic E-state index is 14.2. The lowest BCUT2D eigenvalue weighted by molar-refractivity contribution is -0.116. The Labute approximate surface area is 197 Å². The molecule has 34 heavy (non-hydrogen) atoms. The summed E-state index contributed by atoms with van der Waals surface area (Å²) in [5.41, 5.74) is 4.20. The molecule has 5 rings (SSSR count). The van der Waals surface area contributed by atoms with Gasteiger partial charge in [0, 0.05) is 35.2 Å². The average molecular weight is 454 g/mol. The molecule has 5 nitrogen and oxygen atoms in total. The summed E-state index contributed by atoms with van der Waals surface area (Å²) < 4.78 is 14.2. The molecule has 2 atom stereocenters. The Bertz CT molecular complexity index is 1320. The molecular formula is C28H24FN3O2. The van der Waals surface area contributed by atoms with Gasteiger partial charge in [0.1, 0.15) is 5.82 Å². The van der Waals surface area contributed by atoms with Crippen LogP contribution in [0.2, 0.25) is 0 Å². The first-order valence-corrected chi connectivity index (χ1v) is 11.3. The number of aromatic nitrogens is 1. The van der Waals surface area contributed by atoms with Gasteiger partial charge in [0.05, 0.1) is 17.3 Å². The van der Waals surface area contributed by atoms with E-state index in [1.807, 2.05) is 49.4 Å². The molecule has 2 aliphatic rings. The smallest absolute Gasteiger partial charge is 0.254 e. The first kappa shape index (κ1) is 21.8. The molecule has 0 bridgehead atoms. The fourth-order valence-electron chi connectivity index (χ4n) is 4.90. The Morgan fingerprint density at radius 2 is 1.74 bits per heavy atom. The summed E-state index contributed by atoms with van der Waals surface area (Å²) in [6, 6.07) is 21.5. The van der Waals surface area contributed by atoms with Crippen molar-refractivity contribution < 1.29 is 14.0 Å². The van der Waals surface area contributed by atoms with E-state index < -0.39 is 17.6 Å². The molecule has 170 valence electrons. The standard InChI is InChI=1S/C28H24FN3O2/c1-17-25(28(34)32-21-12-6-5-11-20(21)29)27(22-13-7-8-14-30-22)26-23(31-17)15-19(16-24(26)33)18-9-3-2-4-10-18/h2-14,19,27,31H,15-16H2,1H3,(H,32,34)/t19-,27-/m1/s1. The van der Waals surface area contributed by atoms with Crippen LogP contribution in [0.15, 0.2) is 102 Å². The van der Waals surface area contributed by atoms with Crippen molar-refractivity contribution in [3.8, 4) is 0 Å². The molecule has 0 saturated carbocycles. The molecule has 2 aromatic carbocycles. The topological polar surface area (TPSA) is 71.1 Å². The second-order valence-electron chi connectivity index (χ2n) is 8.62. The van der Waals surface area contributed by atoms with Crippen LogP contribution < -0.4 is 10.6 Å². The van der Waals surface area contributed by atoms with Crippen LogP contribution in [0.4, 0.5) is 10.1 Å². The van der Waals surface area contributed by atoms with Crippen molar-refractivity contribution >= 4 is 17.4 Å². The van der Waals surface area contributed by atoms with Crippen LogP contribution in [-0.4, -0.2) is 16.7 Å². The fraction of sp³-hybridized carbons (Fsp3) is 0.179. The number of halogens is 1. The fourth-order valence-corrected chi connectivity index (χ4v) is 4.90. The van der Waals surface area contributed by atoms with Crippen molar-refractivity contribution in [1.29, 1.82) is 0 Å². The number of benzene rings is 2. The van der Waals surface area contributed by atoms with E-state index in [0.717, 1.165) is 11.3 Å². The van der Waals surface area contributed by atoms with Crippen LogP contribution in [0.5, 0.6) is 0 Å². The van der Waals surface area contributed by atoms with Gasteiger partial charge in [-0.15, -0.1) is 0 Å². The molecule has 1 aliphatic carbocycles.